The average Bonchev–Trinajstić information content (AvgIpc) is 2.87. The van der Waals surface area contributed by atoms with Gasteiger partial charge in [0.05, 0.1) is 6.61 Å². The molecule has 0 spiro atoms. The molecule has 0 aromatic rings. The first-order chi connectivity index (χ1) is 9.62. The molecular formula is C15H31N3O2. The Hall–Kier alpha value is -0.650. The van der Waals surface area contributed by atoms with E-state index in [9.17, 15) is 4.79 Å². The largest absolute Gasteiger partial charge is 0.465 e. The number of carbonyl (C=O) groups excluding carboxylic acids is 1. The lowest BCUT2D eigenvalue weighted by Crippen LogP contribution is -2.42. The molecule has 0 saturated carbocycles. The molecule has 0 aromatic carbocycles. The van der Waals surface area contributed by atoms with Gasteiger partial charge in [-0.15, -0.1) is 0 Å². The van der Waals surface area contributed by atoms with Crippen molar-refractivity contribution in [1.82, 2.24) is 15.1 Å². The van der Waals surface area contributed by atoms with Gasteiger partial charge in [0.1, 0.15) is 6.04 Å². The zero-order valence-electron chi connectivity index (χ0n) is 13.5. The first kappa shape index (κ1) is 17.4. The molecule has 2 atom stereocenters. The van der Waals surface area contributed by atoms with Crippen molar-refractivity contribution in [2.75, 3.05) is 46.9 Å². The van der Waals surface area contributed by atoms with E-state index in [4.69, 9.17) is 4.74 Å². The number of hydrogen-bond acceptors (Lipinski definition) is 5. The summed E-state index contributed by atoms with van der Waals surface area (Å²) in [5.74, 6) is -0.139. The minimum Gasteiger partial charge on any atom is -0.465 e. The van der Waals surface area contributed by atoms with Crippen LogP contribution in [0.2, 0.25) is 0 Å². The minimum absolute atomic E-state index is 0.139. The quantitative estimate of drug-likeness (QED) is 0.639. The number of nitrogens with one attached hydrogen (secondary N) is 1. The van der Waals surface area contributed by atoms with Gasteiger partial charge in [0.25, 0.3) is 0 Å². The molecule has 0 aromatic heterocycles. The number of nitrogens with zero attached hydrogens (tertiary/aromatic N) is 2. The highest BCUT2D eigenvalue weighted by molar-refractivity contribution is 5.75. The second-order valence-electron chi connectivity index (χ2n) is 5.57. The van der Waals surface area contributed by atoms with Gasteiger partial charge in [-0.2, -0.15) is 0 Å². The van der Waals surface area contributed by atoms with Crippen LogP contribution in [0.1, 0.15) is 33.1 Å². The molecule has 0 aliphatic carbocycles. The van der Waals surface area contributed by atoms with E-state index in [1.165, 1.54) is 19.4 Å². The summed E-state index contributed by atoms with van der Waals surface area (Å²) in [4.78, 5) is 16.6. The van der Waals surface area contributed by atoms with E-state index in [0.717, 1.165) is 26.1 Å². The monoisotopic (exact) mass is 285 g/mol. The van der Waals surface area contributed by atoms with Crippen molar-refractivity contribution in [1.29, 1.82) is 0 Å². The van der Waals surface area contributed by atoms with Crippen molar-refractivity contribution in [3.05, 3.63) is 0 Å². The molecule has 5 heteroatoms. The SMILES string of the molecule is CCOC(=O)C(CCN(C)CC1CCCN1CC)NC. The van der Waals surface area contributed by atoms with E-state index in [-0.39, 0.29) is 12.0 Å². The van der Waals surface area contributed by atoms with Gasteiger partial charge >= 0.3 is 5.97 Å². The van der Waals surface area contributed by atoms with E-state index in [1.807, 2.05) is 14.0 Å². The molecular weight excluding hydrogens is 254 g/mol. The smallest absolute Gasteiger partial charge is 0.323 e. The molecule has 1 heterocycles. The fourth-order valence-electron chi connectivity index (χ4n) is 2.94. The maximum absolute atomic E-state index is 11.7. The lowest BCUT2D eigenvalue weighted by atomic mass is 10.1. The van der Waals surface area contributed by atoms with Crippen LogP contribution in [0.3, 0.4) is 0 Å². The van der Waals surface area contributed by atoms with Gasteiger partial charge in [-0.3, -0.25) is 9.69 Å². The van der Waals surface area contributed by atoms with E-state index in [2.05, 4.69) is 29.1 Å². The van der Waals surface area contributed by atoms with Crippen LogP contribution in [0, 0.1) is 0 Å². The Labute approximate surface area is 123 Å². The summed E-state index contributed by atoms with van der Waals surface area (Å²) in [6.45, 7) is 8.90. The van der Waals surface area contributed by atoms with E-state index in [1.54, 1.807) is 0 Å². The van der Waals surface area contributed by atoms with E-state index in [0.29, 0.717) is 12.6 Å². The fraction of sp³-hybridized carbons (Fsp3) is 0.933. The fourth-order valence-corrected chi connectivity index (χ4v) is 2.94. The summed E-state index contributed by atoms with van der Waals surface area (Å²) < 4.78 is 5.07. The Balaban J connectivity index is 2.30. The zero-order valence-corrected chi connectivity index (χ0v) is 13.5. The molecule has 2 unspecified atom stereocenters. The Kier molecular flexibility index (Phi) is 8.11. The summed E-state index contributed by atoms with van der Waals surface area (Å²) in [5, 5.41) is 3.04. The number of esters is 1. The third-order valence-electron chi connectivity index (χ3n) is 4.15. The molecule has 1 aliphatic heterocycles. The molecule has 1 N–H and O–H groups in total. The molecule has 118 valence electrons. The summed E-state index contributed by atoms with van der Waals surface area (Å²) in [7, 11) is 3.96. The lowest BCUT2D eigenvalue weighted by molar-refractivity contribution is -0.145. The summed E-state index contributed by atoms with van der Waals surface area (Å²) in [6, 6.07) is 0.490. The molecule has 1 saturated heterocycles. The van der Waals surface area contributed by atoms with Crippen LogP contribution in [-0.2, 0) is 9.53 Å². The summed E-state index contributed by atoms with van der Waals surface area (Å²) in [5.41, 5.74) is 0. The maximum atomic E-state index is 11.7. The van der Waals surface area contributed by atoms with Crippen LogP contribution in [0.5, 0.6) is 0 Å². The second-order valence-corrected chi connectivity index (χ2v) is 5.57. The predicted octanol–water partition coefficient (Wildman–Crippen LogP) is 0.944. The van der Waals surface area contributed by atoms with Crippen molar-refractivity contribution in [2.24, 2.45) is 0 Å². The van der Waals surface area contributed by atoms with Gasteiger partial charge in [0, 0.05) is 12.6 Å². The number of likely N-dealkylation sites (tertiary alicyclic amines) is 1. The summed E-state index contributed by atoms with van der Waals surface area (Å²) >= 11 is 0. The van der Waals surface area contributed by atoms with E-state index < -0.39 is 0 Å². The molecule has 1 fully saturated rings. The second kappa shape index (κ2) is 9.32. The molecule has 0 amide bonds. The highest BCUT2D eigenvalue weighted by Crippen LogP contribution is 2.17. The normalized spacial score (nSPS) is 21.4. The first-order valence-electron chi connectivity index (χ1n) is 7.88. The highest BCUT2D eigenvalue weighted by Gasteiger charge is 2.24. The van der Waals surface area contributed by atoms with Gasteiger partial charge in [0.15, 0.2) is 0 Å². The van der Waals surface area contributed by atoms with Crippen molar-refractivity contribution < 1.29 is 9.53 Å². The van der Waals surface area contributed by atoms with Crippen LogP contribution in [-0.4, -0.2) is 74.7 Å². The average molecular weight is 285 g/mol. The third kappa shape index (κ3) is 5.38. The molecule has 1 aliphatic rings. The minimum atomic E-state index is -0.191. The van der Waals surface area contributed by atoms with Crippen LogP contribution < -0.4 is 5.32 Å². The van der Waals surface area contributed by atoms with Crippen molar-refractivity contribution in [3.63, 3.8) is 0 Å². The molecule has 5 nitrogen and oxygen atoms in total. The Morgan fingerprint density at radius 2 is 2.25 bits per heavy atom. The Morgan fingerprint density at radius 1 is 1.50 bits per heavy atom. The van der Waals surface area contributed by atoms with E-state index >= 15 is 0 Å². The van der Waals surface area contributed by atoms with Crippen molar-refractivity contribution in [2.45, 2.75) is 45.2 Å². The lowest BCUT2D eigenvalue weighted by Gasteiger charge is -2.28. The summed E-state index contributed by atoms with van der Waals surface area (Å²) in [6.07, 6.45) is 3.41. The first-order valence-corrected chi connectivity index (χ1v) is 7.88. The maximum Gasteiger partial charge on any atom is 0.323 e. The van der Waals surface area contributed by atoms with Crippen LogP contribution in [0.15, 0.2) is 0 Å². The number of likely N-dealkylation sites (N-methyl/N-ethyl adjacent to an activating group) is 3. The van der Waals surface area contributed by atoms with Crippen LogP contribution in [0.25, 0.3) is 0 Å². The predicted molar refractivity (Wildman–Crippen MR) is 81.9 cm³/mol. The van der Waals surface area contributed by atoms with Gasteiger partial charge in [-0.1, -0.05) is 6.92 Å². The highest BCUT2D eigenvalue weighted by atomic mass is 16.5. The zero-order chi connectivity index (χ0) is 15.0. The number of rotatable bonds is 9. The van der Waals surface area contributed by atoms with Crippen LogP contribution >= 0.6 is 0 Å². The van der Waals surface area contributed by atoms with Gasteiger partial charge in [0.2, 0.25) is 0 Å². The molecule has 20 heavy (non-hydrogen) atoms. The van der Waals surface area contributed by atoms with Crippen molar-refractivity contribution >= 4 is 5.97 Å². The molecule has 1 rings (SSSR count). The topological polar surface area (TPSA) is 44.8 Å². The molecule has 0 radical (unpaired) electrons. The van der Waals surface area contributed by atoms with Crippen molar-refractivity contribution in [3.8, 4) is 0 Å². The van der Waals surface area contributed by atoms with Crippen LogP contribution in [0.4, 0.5) is 0 Å². The number of hydrogen-bond donors (Lipinski definition) is 1. The van der Waals surface area contributed by atoms with Gasteiger partial charge < -0.3 is 15.0 Å². The standard InChI is InChI=1S/C15H31N3O2/c1-5-18-10-7-8-13(18)12-17(4)11-9-14(16-3)15(19)20-6-2/h13-14,16H,5-12H2,1-4H3. The molecule has 0 bridgehead atoms. The van der Waals surface area contributed by atoms with Gasteiger partial charge in [-0.05, 0) is 59.9 Å². The number of ether oxygens (including phenoxy) is 1. The Bertz CT molecular complexity index is 286. The number of carbonyl (C=O) groups is 1. The van der Waals surface area contributed by atoms with Gasteiger partial charge in [-0.25, -0.2) is 0 Å². The third-order valence-corrected chi connectivity index (χ3v) is 4.15. The Morgan fingerprint density at radius 3 is 2.85 bits per heavy atom.